The Morgan fingerprint density at radius 3 is 2.68 bits per heavy atom. The maximum Gasteiger partial charge on any atom is 0.295 e. The van der Waals surface area contributed by atoms with Gasteiger partial charge < -0.3 is 24.4 Å². The molecule has 1 amide bonds. The maximum absolute atomic E-state index is 13.2. The second-order valence-electron chi connectivity index (χ2n) is 8.69. The number of Topliss-reactive ketones (excluding diaryl/α,β-unsaturated/α-hetero) is 1. The highest BCUT2D eigenvalue weighted by atomic mass is 16.5. The molecule has 0 bridgehead atoms. The molecule has 2 N–H and O–H groups in total. The van der Waals surface area contributed by atoms with Crippen molar-refractivity contribution in [1.29, 1.82) is 0 Å². The van der Waals surface area contributed by atoms with E-state index in [2.05, 4.69) is 4.98 Å². The Balaban J connectivity index is 1.52. The molecule has 1 aromatic heterocycles. The standard InChI is InChI=1S/C26H25N3O5/c1-16-13-19-14-18(5-8-21(19)34-16)24(31)22-23(17-3-6-20(30)7-4-17)29(26(33)25(22)32)11-2-10-28-12-9-27-15-28/h3-9,12,14-16,23,30-31H,2,10-11,13H2,1H3/b24-22+/t16-,23-/m1/s1. The SMILES string of the molecule is C[C@@H]1Cc2cc(/C(O)=C3\C(=O)C(=O)N(CCCn4ccnc4)[C@@H]3c3ccc(O)cc3)ccc2O1. The number of hydrogen-bond acceptors (Lipinski definition) is 6. The summed E-state index contributed by atoms with van der Waals surface area (Å²) in [5, 5.41) is 21.0. The van der Waals surface area contributed by atoms with Crippen LogP contribution in [0.15, 0.2) is 66.8 Å². The lowest BCUT2D eigenvalue weighted by molar-refractivity contribution is -0.139. The highest BCUT2D eigenvalue weighted by Gasteiger charge is 2.45. The molecule has 3 heterocycles. The second-order valence-corrected chi connectivity index (χ2v) is 8.69. The molecule has 0 aliphatic carbocycles. The second kappa shape index (κ2) is 8.70. The van der Waals surface area contributed by atoms with Crippen LogP contribution in [0.4, 0.5) is 0 Å². The number of rotatable bonds is 6. The highest BCUT2D eigenvalue weighted by molar-refractivity contribution is 6.46. The molecule has 2 atom stereocenters. The third-order valence-electron chi connectivity index (χ3n) is 6.29. The normalized spacial score (nSPS) is 21.0. The van der Waals surface area contributed by atoms with Gasteiger partial charge in [-0.05, 0) is 54.8 Å². The Morgan fingerprint density at radius 1 is 1.15 bits per heavy atom. The van der Waals surface area contributed by atoms with Gasteiger partial charge in [0.1, 0.15) is 23.4 Å². The predicted octanol–water partition coefficient (Wildman–Crippen LogP) is 3.42. The van der Waals surface area contributed by atoms with Crippen LogP contribution in [0.1, 0.15) is 36.1 Å². The zero-order valence-corrected chi connectivity index (χ0v) is 18.7. The molecule has 3 aromatic rings. The van der Waals surface area contributed by atoms with Crippen LogP contribution in [-0.2, 0) is 22.6 Å². The Labute approximate surface area is 196 Å². The van der Waals surface area contributed by atoms with Crippen molar-refractivity contribution in [3.8, 4) is 11.5 Å². The molecule has 2 aliphatic heterocycles. The van der Waals surface area contributed by atoms with Gasteiger partial charge >= 0.3 is 0 Å². The monoisotopic (exact) mass is 459 g/mol. The van der Waals surface area contributed by atoms with Crippen LogP contribution in [0, 0.1) is 0 Å². The number of carbonyl (C=O) groups excluding carboxylic acids is 2. The number of likely N-dealkylation sites (tertiary alicyclic amines) is 1. The van der Waals surface area contributed by atoms with Gasteiger partial charge in [-0.15, -0.1) is 0 Å². The largest absolute Gasteiger partial charge is 0.508 e. The van der Waals surface area contributed by atoms with E-state index in [0.717, 1.165) is 11.3 Å². The van der Waals surface area contributed by atoms with E-state index in [9.17, 15) is 19.8 Å². The van der Waals surface area contributed by atoms with Gasteiger partial charge in [-0.1, -0.05) is 12.1 Å². The van der Waals surface area contributed by atoms with Crippen molar-refractivity contribution in [3.05, 3.63) is 83.4 Å². The zero-order chi connectivity index (χ0) is 23.8. The minimum atomic E-state index is -0.758. The molecule has 0 unspecified atom stereocenters. The van der Waals surface area contributed by atoms with Gasteiger partial charge in [0, 0.05) is 37.5 Å². The lowest BCUT2D eigenvalue weighted by Crippen LogP contribution is -2.31. The number of aryl methyl sites for hydroxylation is 1. The first-order valence-corrected chi connectivity index (χ1v) is 11.3. The third kappa shape index (κ3) is 3.91. The van der Waals surface area contributed by atoms with Crippen LogP contribution < -0.4 is 4.74 Å². The zero-order valence-electron chi connectivity index (χ0n) is 18.7. The van der Waals surface area contributed by atoms with Crippen molar-refractivity contribution < 1.29 is 24.5 Å². The van der Waals surface area contributed by atoms with Gasteiger partial charge in [-0.3, -0.25) is 9.59 Å². The van der Waals surface area contributed by atoms with Gasteiger partial charge in [0.15, 0.2) is 0 Å². The highest BCUT2D eigenvalue weighted by Crippen LogP contribution is 2.41. The van der Waals surface area contributed by atoms with Crippen LogP contribution >= 0.6 is 0 Å². The number of hydrogen-bond donors (Lipinski definition) is 2. The summed E-state index contributed by atoms with van der Waals surface area (Å²) in [7, 11) is 0. The number of phenols is 1. The Morgan fingerprint density at radius 2 is 1.94 bits per heavy atom. The average molecular weight is 460 g/mol. The first-order chi connectivity index (χ1) is 16.4. The number of amides is 1. The van der Waals surface area contributed by atoms with E-state index < -0.39 is 17.7 Å². The number of aromatic hydroxyl groups is 1. The van der Waals surface area contributed by atoms with Gasteiger partial charge in [0.05, 0.1) is 17.9 Å². The molecule has 0 radical (unpaired) electrons. The first-order valence-electron chi connectivity index (χ1n) is 11.3. The number of aromatic nitrogens is 2. The van der Waals surface area contributed by atoms with Crippen LogP contribution in [0.5, 0.6) is 11.5 Å². The average Bonchev–Trinajstić information content (AvgIpc) is 3.53. The minimum Gasteiger partial charge on any atom is -0.508 e. The number of fused-ring (bicyclic) bond motifs is 1. The molecule has 8 heteroatoms. The molecular weight excluding hydrogens is 434 g/mol. The van der Waals surface area contributed by atoms with Crippen molar-refractivity contribution in [3.63, 3.8) is 0 Å². The molecule has 8 nitrogen and oxygen atoms in total. The third-order valence-corrected chi connectivity index (χ3v) is 6.29. The Hall–Kier alpha value is -4.07. The number of nitrogens with zero attached hydrogens (tertiary/aromatic N) is 3. The topological polar surface area (TPSA) is 105 Å². The number of ether oxygens (including phenoxy) is 1. The lowest BCUT2D eigenvalue weighted by Gasteiger charge is -2.25. The summed E-state index contributed by atoms with van der Waals surface area (Å²) in [5.74, 6) is -0.741. The van der Waals surface area contributed by atoms with Crippen molar-refractivity contribution in [1.82, 2.24) is 14.5 Å². The van der Waals surface area contributed by atoms with E-state index in [4.69, 9.17) is 4.74 Å². The van der Waals surface area contributed by atoms with Crippen LogP contribution in [0.3, 0.4) is 0 Å². The summed E-state index contributed by atoms with van der Waals surface area (Å²) in [4.78, 5) is 31.7. The van der Waals surface area contributed by atoms with Crippen molar-refractivity contribution in [2.45, 2.75) is 38.5 Å². The fourth-order valence-electron chi connectivity index (χ4n) is 4.68. The van der Waals surface area contributed by atoms with Crippen molar-refractivity contribution >= 4 is 17.4 Å². The summed E-state index contributed by atoms with van der Waals surface area (Å²) >= 11 is 0. The summed E-state index contributed by atoms with van der Waals surface area (Å²) in [6.45, 7) is 2.93. The van der Waals surface area contributed by atoms with E-state index >= 15 is 0 Å². The maximum atomic E-state index is 13.2. The fourth-order valence-corrected chi connectivity index (χ4v) is 4.68. The predicted molar refractivity (Wildman–Crippen MR) is 124 cm³/mol. The fraction of sp³-hybridized carbons (Fsp3) is 0.269. The quantitative estimate of drug-likeness (QED) is 0.333. The molecule has 1 saturated heterocycles. The summed E-state index contributed by atoms with van der Waals surface area (Å²) < 4.78 is 7.64. The number of aliphatic hydroxyl groups is 1. The van der Waals surface area contributed by atoms with Crippen LogP contribution in [0.25, 0.3) is 5.76 Å². The van der Waals surface area contributed by atoms with Crippen LogP contribution in [0.2, 0.25) is 0 Å². The molecule has 0 spiro atoms. The number of phenolic OH excluding ortho intramolecular Hbond substituents is 1. The molecule has 34 heavy (non-hydrogen) atoms. The minimum absolute atomic E-state index is 0.0465. The van der Waals surface area contributed by atoms with Gasteiger partial charge in [0.25, 0.3) is 11.7 Å². The number of ketones is 1. The van der Waals surface area contributed by atoms with E-state index in [1.165, 1.54) is 17.0 Å². The van der Waals surface area contributed by atoms with E-state index in [0.29, 0.717) is 37.1 Å². The van der Waals surface area contributed by atoms with Crippen molar-refractivity contribution in [2.75, 3.05) is 6.54 Å². The molecule has 174 valence electrons. The summed E-state index contributed by atoms with van der Waals surface area (Å²) in [6, 6.07) is 10.9. The first kappa shape index (κ1) is 21.8. The Kier molecular flexibility index (Phi) is 5.57. The molecule has 2 aliphatic rings. The number of imidazole rings is 1. The lowest BCUT2D eigenvalue weighted by atomic mass is 9.94. The number of aliphatic hydroxyl groups excluding tert-OH is 1. The van der Waals surface area contributed by atoms with E-state index in [-0.39, 0.29) is 23.2 Å². The molecule has 0 saturated carbocycles. The van der Waals surface area contributed by atoms with Crippen molar-refractivity contribution in [2.24, 2.45) is 0 Å². The van der Waals surface area contributed by atoms with Gasteiger partial charge in [-0.25, -0.2) is 4.98 Å². The summed E-state index contributed by atoms with van der Waals surface area (Å²) in [5.41, 5.74) is 2.11. The Bertz CT molecular complexity index is 1260. The van der Waals surface area contributed by atoms with Crippen LogP contribution in [-0.4, -0.2) is 49.0 Å². The molecular formula is C26H25N3O5. The molecule has 1 fully saturated rings. The summed E-state index contributed by atoms with van der Waals surface area (Å²) in [6.07, 6.45) is 6.58. The smallest absolute Gasteiger partial charge is 0.295 e. The van der Waals surface area contributed by atoms with Gasteiger partial charge in [0.2, 0.25) is 0 Å². The van der Waals surface area contributed by atoms with Gasteiger partial charge in [-0.2, -0.15) is 0 Å². The van der Waals surface area contributed by atoms with E-state index in [1.54, 1.807) is 36.8 Å². The molecule has 2 aromatic carbocycles. The van der Waals surface area contributed by atoms with E-state index in [1.807, 2.05) is 23.8 Å². The number of benzene rings is 2. The number of carbonyl (C=O) groups is 2. The molecule has 5 rings (SSSR count).